The maximum atomic E-state index is 13.2. The lowest BCUT2D eigenvalue weighted by atomic mass is 10.1. The van der Waals surface area contributed by atoms with E-state index < -0.39 is 0 Å². The number of carbonyl (C=O) groups is 1. The molecule has 1 aliphatic carbocycles. The fourth-order valence-corrected chi connectivity index (χ4v) is 6.47. The Kier molecular flexibility index (Phi) is 5.60. The Hall–Kier alpha value is -1.34. The Bertz CT molecular complexity index is 912. The molecule has 7 heteroatoms. The summed E-state index contributed by atoms with van der Waals surface area (Å²) < 4.78 is 1.80. The lowest BCUT2D eigenvalue weighted by Crippen LogP contribution is -2.40. The Morgan fingerprint density at radius 1 is 1.22 bits per heavy atom. The standard InChI is InChI=1S/C20H27N3O2S2/c1-3-10-23-19(25)16-14-8-7-9-15(14)27-17(16)21-20(23)26-13(2)18(24)22-11-5-4-6-12-22/h13H,3-12H2,1-2H3/t13-/m1/s1. The number of fused-ring (bicyclic) bond motifs is 3. The molecule has 1 fully saturated rings. The molecule has 1 aliphatic heterocycles. The van der Waals surface area contributed by atoms with Crippen LogP contribution in [-0.4, -0.2) is 38.7 Å². The molecule has 0 saturated carbocycles. The molecule has 5 nitrogen and oxygen atoms in total. The number of thioether (sulfide) groups is 1. The molecule has 1 saturated heterocycles. The first kappa shape index (κ1) is 19.0. The van der Waals surface area contributed by atoms with Crippen LogP contribution in [0.15, 0.2) is 9.95 Å². The number of nitrogens with zero attached hydrogens (tertiary/aromatic N) is 3. The average molecular weight is 406 g/mol. The lowest BCUT2D eigenvalue weighted by Gasteiger charge is -2.29. The van der Waals surface area contributed by atoms with Crippen LogP contribution in [0.4, 0.5) is 0 Å². The number of rotatable bonds is 5. The molecular formula is C20H27N3O2S2. The van der Waals surface area contributed by atoms with Gasteiger partial charge in [-0.3, -0.25) is 14.2 Å². The molecule has 146 valence electrons. The third-order valence-electron chi connectivity index (χ3n) is 5.53. The second-order valence-corrected chi connectivity index (χ2v) is 9.93. The SMILES string of the molecule is CCCn1c(S[C@H](C)C(=O)N2CCCCC2)nc2sc3c(c2c1=O)CCC3. The molecular weight excluding hydrogens is 378 g/mol. The van der Waals surface area contributed by atoms with Gasteiger partial charge in [0.15, 0.2) is 5.16 Å². The van der Waals surface area contributed by atoms with Gasteiger partial charge in [-0.1, -0.05) is 18.7 Å². The van der Waals surface area contributed by atoms with Crippen molar-refractivity contribution in [3.63, 3.8) is 0 Å². The summed E-state index contributed by atoms with van der Waals surface area (Å²) in [5, 5.41) is 1.31. The Labute approximate surface area is 168 Å². The fraction of sp³-hybridized carbons (Fsp3) is 0.650. The zero-order valence-corrected chi connectivity index (χ0v) is 17.8. The zero-order valence-electron chi connectivity index (χ0n) is 16.1. The van der Waals surface area contributed by atoms with Gasteiger partial charge < -0.3 is 4.90 Å². The zero-order chi connectivity index (χ0) is 19.0. The number of likely N-dealkylation sites (tertiary alicyclic amines) is 1. The number of thiophene rings is 1. The normalized spacial score (nSPS) is 18.1. The second kappa shape index (κ2) is 7.95. The number of carbonyl (C=O) groups excluding carboxylic acids is 1. The van der Waals surface area contributed by atoms with Crippen LogP contribution in [0.5, 0.6) is 0 Å². The molecule has 2 aliphatic rings. The molecule has 3 heterocycles. The first-order chi connectivity index (χ1) is 13.1. The Balaban J connectivity index is 1.67. The summed E-state index contributed by atoms with van der Waals surface area (Å²) in [5.41, 5.74) is 1.31. The van der Waals surface area contributed by atoms with Crippen molar-refractivity contribution < 1.29 is 4.79 Å². The second-order valence-electron chi connectivity index (χ2n) is 7.53. The summed E-state index contributed by atoms with van der Waals surface area (Å²) in [6.07, 6.45) is 7.47. The van der Waals surface area contributed by atoms with E-state index >= 15 is 0 Å². The van der Waals surface area contributed by atoms with Crippen molar-refractivity contribution in [2.75, 3.05) is 13.1 Å². The monoisotopic (exact) mass is 405 g/mol. The van der Waals surface area contributed by atoms with Crippen LogP contribution in [0, 0.1) is 0 Å². The molecule has 27 heavy (non-hydrogen) atoms. The number of hydrogen-bond donors (Lipinski definition) is 0. The van der Waals surface area contributed by atoms with Crippen molar-refractivity contribution >= 4 is 39.2 Å². The first-order valence-electron chi connectivity index (χ1n) is 10.1. The topological polar surface area (TPSA) is 55.2 Å². The smallest absolute Gasteiger partial charge is 0.263 e. The molecule has 1 atom stereocenters. The minimum Gasteiger partial charge on any atom is -0.342 e. The van der Waals surface area contributed by atoms with E-state index in [9.17, 15) is 9.59 Å². The van der Waals surface area contributed by atoms with Crippen LogP contribution >= 0.6 is 23.1 Å². The van der Waals surface area contributed by atoms with Crippen molar-refractivity contribution in [1.29, 1.82) is 0 Å². The van der Waals surface area contributed by atoms with E-state index in [2.05, 4.69) is 6.92 Å². The van der Waals surface area contributed by atoms with E-state index in [1.807, 2.05) is 11.8 Å². The highest BCUT2D eigenvalue weighted by molar-refractivity contribution is 8.00. The van der Waals surface area contributed by atoms with Crippen molar-refractivity contribution in [3.05, 3.63) is 20.8 Å². The maximum absolute atomic E-state index is 13.2. The number of hydrogen-bond acceptors (Lipinski definition) is 5. The van der Waals surface area contributed by atoms with E-state index in [4.69, 9.17) is 4.98 Å². The minimum atomic E-state index is -0.220. The van der Waals surface area contributed by atoms with Crippen LogP contribution in [0.1, 0.15) is 56.4 Å². The lowest BCUT2D eigenvalue weighted by molar-refractivity contribution is -0.131. The van der Waals surface area contributed by atoms with Gasteiger partial charge in [-0.05, 0) is 57.4 Å². The van der Waals surface area contributed by atoms with E-state index in [1.165, 1.54) is 28.6 Å². The van der Waals surface area contributed by atoms with Gasteiger partial charge in [0, 0.05) is 24.5 Å². The average Bonchev–Trinajstić information content (AvgIpc) is 3.25. The van der Waals surface area contributed by atoms with Gasteiger partial charge in [0.05, 0.1) is 10.6 Å². The third-order valence-corrected chi connectivity index (χ3v) is 7.80. The summed E-state index contributed by atoms with van der Waals surface area (Å²) in [6, 6.07) is 0. The van der Waals surface area contributed by atoms with E-state index in [0.717, 1.165) is 61.8 Å². The summed E-state index contributed by atoms with van der Waals surface area (Å²) in [5.74, 6) is 0.172. The molecule has 0 aromatic carbocycles. The number of piperidine rings is 1. The van der Waals surface area contributed by atoms with Gasteiger partial charge in [-0.25, -0.2) is 4.98 Å². The molecule has 0 bridgehead atoms. The van der Waals surface area contributed by atoms with Crippen molar-refractivity contribution in [3.8, 4) is 0 Å². The van der Waals surface area contributed by atoms with Crippen LogP contribution in [0.2, 0.25) is 0 Å². The van der Waals surface area contributed by atoms with Gasteiger partial charge in [-0.2, -0.15) is 0 Å². The third kappa shape index (κ3) is 3.56. The van der Waals surface area contributed by atoms with Gasteiger partial charge in [0.1, 0.15) is 4.83 Å². The molecule has 0 spiro atoms. The molecule has 1 amide bonds. The summed E-state index contributed by atoms with van der Waals surface area (Å²) in [6.45, 7) is 6.39. The number of amides is 1. The van der Waals surface area contributed by atoms with E-state index in [0.29, 0.717) is 11.7 Å². The van der Waals surface area contributed by atoms with Gasteiger partial charge >= 0.3 is 0 Å². The maximum Gasteiger partial charge on any atom is 0.263 e. The molecule has 0 N–H and O–H groups in total. The predicted octanol–water partition coefficient (Wildman–Crippen LogP) is 3.85. The summed E-state index contributed by atoms with van der Waals surface area (Å²) in [7, 11) is 0. The molecule has 4 rings (SSSR count). The van der Waals surface area contributed by atoms with Gasteiger partial charge in [0.2, 0.25) is 5.91 Å². The van der Waals surface area contributed by atoms with E-state index in [-0.39, 0.29) is 16.7 Å². The highest BCUT2D eigenvalue weighted by Crippen LogP contribution is 2.36. The largest absolute Gasteiger partial charge is 0.342 e. The van der Waals surface area contributed by atoms with Crippen LogP contribution < -0.4 is 5.56 Å². The van der Waals surface area contributed by atoms with Crippen LogP contribution in [-0.2, 0) is 24.2 Å². The Morgan fingerprint density at radius 3 is 2.74 bits per heavy atom. The minimum absolute atomic E-state index is 0.0846. The molecule has 0 unspecified atom stereocenters. The Morgan fingerprint density at radius 2 is 2.00 bits per heavy atom. The quantitative estimate of drug-likeness (QED) is 0.560. The van der Waals surface area contributed by atoms with Crippen LogP contribution in [0.3, 0.4) is 0 Å². The van der Waals surface area contributed by atoms with Crippen molar-refractivity contribution in [1.82, 2.24) is 14.5 Å². The number of aromatic nitrogens is 2. The summed E-state index contributed by atoms with van der Waals surface area (Å²) >= 11 is 3.12. The predicted molar refractivity (Wildman–Crippen MR) is 112 cm³/mol. The van der Waals surface area contributed by atoms with Crippen molar-refractivity contribution in [2.45, 2.75) is 75.7 Å². The van der Waals surface area contributed by atoms with Gasteiger partial charge in [-0.15, -0.1) is 11.3 Å². The summed E-state index contributed by atoms with van der Waals surface area (Å²) in [4.78, 5) is 35.1. The van der Waals surface area contributed by atoms with Crippen LogP contribution in [0.25, 0.3) is 10.2 Å². The molecule has 2 aromatic heterocycles. The first-order valence-corrected chi connectivity index (χ1v) is 11.8. The molecule has 2 aromatic rings. The number of aryl methyl sites for hydroxylation is 2. The molecule has 0 radical (unpaired) electrons. The van der Waals surface area contributed by atoms with E-state index in [1.54, 1.807) is 15.9 Å². The highest BCUT2D eigenvalue weighted by Gasteiger charge is 2.27. The van der Waals surface area contributed by atoms with Gasteiger partial charge in [0.25, 0.3) is 5.56 Å². The fourth-order valence-electron chi connectivity index (χ4n) is 4.15. The highest BCUT2D eigenvalue weighted by atomic mass is 32.2. The van der Waals surface area contributed by atoms with Crippen molar-refractivity contribution in [2.24, 2.45) is 0 Å².